The first-order valence-electron chi connectivity index (χ1n) is 9.21. The van der Waals surface area contributed by atoms with Crippen LogP contribution in [0.15, 0.2) is 42.7 Å². The molecule has 2 unspecified atom stereocenters. The predicted octanol–water partition coefficient (Wildman–Crippen LogP) is 2.09. The van der Waals surface area contributed by atoms with Crippen LogP contribution in [0.4, 0.5) is 0 Å². The summed E-state index contributed by atoms with van der Waals surface area (Å²) in [5.74, 6) is 0.643. The number of piperidine rings is 1. The maximum absolute atomic E-state index is 10.4. The van der Waals surface area contributed by atoms with E-state index in [4.69, 9.17) is 4.74 Å². The molecule has 8 nitrogen and oxygen atoms in total. The van der Waals surface area contributed by atoms with Gasteiger partial charge in [0, 0.05) is 29.8 Å². The summed E-state index contributed by atoms with van der Waals surface area (Å²) in [5, 5.41) is 30.1. The van der Waals surface area contributed by atoms with Gasteiger partial charge in [-0.15, -0.1) is 15.3 Å². The van der Waals surface area contributed by atoms with Gasteiger partial charge < -0.3 is 15.2 Å². The highest BCUT2D eigenvalue weighted by Gasteiger charge is 2.34. The van der Waals surface area contributed by atoms with Crippen LogP contribution in [-0.2, 0) is 0 Å². The van der Waals surface area contributed by atoms with Crippen LogP contribution < -0.4 is 10.1 Å². The first-order chi connectivity index (χ1) is 13.2. The van der Waals surface area contributed by atoms with E-state index in [9.17, 15) is 5.11 Å². The van der Waals surface area contributed by atoms with Crippen LogP contribution in [-0.4, -0.2) is 48.5 Å². The number of benzene rings is 1. The molecule has 1 aromatic carbocycles. The topological polar surface area (TPSA) is 98.0 Å². The van der Waals surface area contributed by atoms with E-state index >= 15 is 0 Å². The zero-order valence-corrected chi connectivity index (χ0v) is 14.7. The average Bonchev–Trinajstić information content (AvgIpc) is 3.32. The van der Waals surface area contributed by atoms with E-state index in [1.165, 1.54) is 12.8 Å². The number of nitrogens with one attached hydrogen (secondary N) is 1. The second kappa shape index (κ2) is 6.62. The number of phenols is 1. The van der Waals surface area contributed by atoms with Crippen molar-refractivity contribution in [2.24, 2.45) is 0 Å². The number of nitrogens with zero attached hydrogens (tertiary/aromatic N) is 5. The minimum Gasteiger partial charge on any atom is -0.507 e. The fourth-order valence-corrected chi connectivity index (χ4v) is 4.02. The van der Waals surface area contributed by atoms with Crippen molar-refractivity contribution in [2.75, 3.05) is 0 Å². The van der Waals surface area contributed by atoms with Gasteiger partial charge in [-0.25, -0.2) is 4.68 Å². The summed E-state index contributed by atoms with van der Waals surface area (Å²) in [6.45, 7) is 0. The van der Waals surface area contributed by atoms with Crippen molar-refractivity contribution in [1.82, 2.24) is 30.5 Å². The Morgan fingerprint density at radius 1 is 1.07 bits per heavy atom. The summed E-state index contributed by atoms with van der Waals surface area (Å²) in [6.07, 6.45) is 8.00. The Labute approximate surface area is 156 Å². The van der Waals surface area contributed by atoms with E-state index in [-0.39, 0.29) is 11.9 Å². The molecule has 8 heteroatoms. The highest BCUT2D eigenvalue weighted by Crippen LogP contribution is 2.31. The minimum atomic E-state index is 0.112. The number of fused-ring (bicyclic) bond motifs is 2. The molecule has 4 heterocycles. The molecule has 2 aliphatic heterocycles. The van der Waals surface area contributed by atoms with E-state index in [0.29, 0.717) is 29.2 Å². The molecule has 0 spiro atoms. The average molecular weight is 364 g/mol. The summed E-state index contributed by atoms with van der Waals surface area (Å²) >= 11 is 0. The van der Waals surface area contributed by atoms with Gasteiger partial charge in [-0.2, -0.15) is 0 Å². The fourth-order valence-electron chi connectivity index (χ4n) is 4.02. The van der Waals surface area contributed by atoms with Crippen molar-refractivity contribution < 1.29 is 9.84 Å². The minimum absolute atomic E-state index is 0.112. The van der Waals surface area contributed by atoms with Crippen LogP contribution in [0.3, 0.4) is 0 Å². The SMILES string of the molecule is Oc1cc(-n2ccnn2)ccc1-c1ccc(OC2CC3CCC(C2)N3)nn1. The van der Waals surface area contributed by atoms with Crippen molar-refractivity contribution in [3.05, 3.63) is 42.7 Å². The summed E-state index contributed by atoms with van der Waals surface area (Å²) in [6, 6.07) is 10.0. The van der Waals surface area contributed by atoms with E-state index < -0.39 is 0 Å². The van der Waals surface area contributed by atoms with Gasteiger partial charge in [0.05, 0.1) is 23.8 Å². The zero-order valence-electron chi connectivity index (χ0n) is 14.7. The lowest BCUT2D eigenvalue weighted by Crippen LogP contribution is -2.42. The van der Waals surface area contributed by atoms with Crippen molar-refractivity contribution in [3.63, 3.8) is 0 Å². The van der Waals surface area contributed by atoms with Gasteiger partial charge in [-0.05, 0) is 43.9 Å². The molecule has 0 aliphatic carbocycles. The van der Waals surface area contributed by atoms with Crippen LogP contribution in [0, 0.1) is 0 Å². The van der Waals surface area contributed by atoms with Gasteiger partial charge >= 0.3 is 0 Å². The largest absolute Gasteiger partial charge is 0.507 e. The third kappa shape index (κ3) is 3.23. The molecule has 138 valence electrons. The Hall–Kier alpha value is -3.00. The summed E-state index contributed by atoms with van der Waals surface area (Å²) in [7, 11) is 0. The van der Waals surface area contributed by atoms with Gasteiger partial charge in [-0.3, -0.25) is 0 Å². The number of aromatic hydroxyl groups is 1. The van der Waals surface area contributed by atoms with Crippen LogP contribution in [0.1, 0.15) is 25.7 Å². The van der Waals surface area contributed by atoms with Gasteiger partial charge in [0.25, 0.3) is 0 Å². The third-order valence-electron chi connectivity index (χ3n) is 5.30. The van der Waals surface area contributed by atoms with E-state index in [1.54, 1.807) is 29.2 Å². The van der Waals surface area contributed by atoms with Crippen molar-refractivity contribution in [2.45, 2.75) is 43.9 Å². The smallest absolute Gasteiger partial charge is 0.233 e. The standard InChI is InChI=1S/C19H20N6O2/c26-18-11-14(25-8-7-20-24-25)3-4-16(18)17-5-6-19(23-22-17)27-15-9-12-1-2-13(10-15)21-12/h3-8,11-13,15,21,26H,1-2,9-10H2. The number of hydrogen-bond acceptors (Lipinski definition) is 7. The highest BCUT2D eigenvalue weighted by atomic mass is 16.5. The number of hydrogen-bond donors (Lipinski definition) is 2. The molecule has 2 fully saturated rings. The lowest BCUT2D eigenvalue weighted by molar-refractivity contribution is 0.130. The van der Waals surface area contributed by atoms with E-state index in [0.717, 1.165) is 18.5 Å². The van der Waals surface area contributed by atoms with Gasteiger partial charge in [0.2, 0.25) is 5.88 Å². The Morgan fingerprint density at radius 2 is 1.93 bits per heavy atom. The Kier molecular flexibility index (Phi) is 3.97. The van der Waals surface area contributed by atoms with Crippen LogP contribution in [0.5, 0.6) is 11.6 Å². The lowest BCUT2D eigenvalue weighted by Gasteiger charge is -2.28. The number of rotatable bonds is 4. The van der Waals surface area contributed by atoms with Crippen molar-refractivity contribution in [3.8, 4) is 28.6 Å². The molecule has 2 N–H and O–H groups in total. The molecular weight excluding hydrogens is 344 g/mol. The second-order valence-electron chi connectivity index (χ2n) is 7.16. The van der Waals surface area contributed by atoms with E-state index in [1.807, 2.05) is 18.2 Å². The number of aromatic nitrogens is 5. The Balaban J connectivity index is 1.31. The summed E-state index contributed by atoms with van der Waals surface area (Å²) in [5.41, 5.74) is 1.93. The summed E-state index contributed by atoms with van der Waals surface area (Å²) < 4.78 is 7.61. The number of phenolic OH excluding ortho intramolecular Hbond substituents is 1. The first kappa shape index (κ1) is 16.2. The molecule has 0 amide bonds. The Morgan fingerprint density at radius 3 is 2.59 bits per heavy atom. The first-order valence-corrected chi connectivity index (χ1v) is 9.21. The van der Waals surface area contributed by atoms with Gasteiger partial charge in [0.15, 0.2) is 0 Å². The molecular formula is C19H20N6O2. The zero-order chi connectivity index (χ0) is 18.2. The molecule has 2 aliphatic rings. The molecule has 3 aromatic rings. The molecule has 27 heavy (non-hydrogen) atoms. The quantitative estimate of drug-likeness (QED) is 0.731. The van der Waals surface area contributed by atoms with Crippen LogP contribution in [0.25, 0.3) is 16.9 Å². The molecule has 2 atom stereocenters. The highest BCUT2D eigenvalue weighted by molar-refractivity contribution is 5.68. The van der Waals surface area contributed by atoms with Crippen LogP contribution >= 0.6 is 0 Å². The van der Waals surface area contributed by atoms with E-state index in [2.05, 4.69) is 25.8 Å². The molecule has 2 bridgehead atoms. The van der Waals surface area contributed by atoms with Crippen LogP contribution in [0.2, 0.25) is 0 Å². The monoisotopic (exact) mass is 364 g/mol. The fraction of sp³-hybridized carbons (Fsp3) is 0.368. The molecule has 2 saturated heterocycles. The summed E-state index contributed by atoms with van der Waals surface area (Å²) in [4.78, 5) is 0. The Bertz CT molecular complexity index is 916. The maximum Gasteiger partial charge on any atom is 0.233 e. The molecule has 2 aromatic heterocycles. The number of ether oxygens (including phenoxy) is 1. The second-order valence-corrected chi connectivity index (χ2v) is 7.16. The molecule has 0 saturated carbocycles. The van der Waals surface area contributed by atoms with Gasteiger partial charge in [0.1, 0.15) is 11.9 Å². The normalized spacial score (nSPS) is 24.1. The third-order valence-corrected chi connectivity index (χ3v) is 5.30. The molecule has 5 rings (SSSR count). The van der Waals surface area contributed by atoms with Crippen molar-refractivity contribution >= 4 is 0 Å². The molecule has 0 radical (unpaired) electrons. The maximum atomic E-state index is 10.4. The lowest BCUT2D eigenvalue weighted by atomic mass is 10.0. The predicted molar refractivity (Wildman–Crippen MR) is 97.6 cm³/mol. The van der Waals surface area contributed by atoms with Crippen molar-refractivity contribution in [1.29, 1.82) is 0 Å². The van der Waals surface area contributed by atoms with Gasteiger partial charge in [-0.1, -0.05) is 5.21 Å².